The summed E-state index contributed by atoms with van der Waals surface area (Å²) >= 11 is 3.04. The molecule has 0 unspecified atom stereocenters. The second kappa shape index (κ2) is 5.94. The summed E-state index contributed by atoms with van der Waals surface area (Å²) in [6.45, 7) is 5.70. The van der Waals surface area contributed by atoms with Crippen molar-refractivity contribution in [3.8, 4) is 0 Å². The predicted molar refractivity (Wildman–Crippen MR) is 78.2 cm³/mol. The minimum absolute atomic E-state index is 0.532. The summed E-state index contributed by atoms with van der Waals surface area (Å²) in [5.74, 6) is 0.569. The maximum atomic E-state index is 5.42. The van der Waals surface area contributed by atoms with Crippen molar-refractivity contribution in [1.29, 1.82) is 0 Å². The number of nitrogens with zero attached hydrogens (tertiary/aromatic N) is 4. The van der Waals surface area contributed by atoms with E-state index in [9.17, 15) is 0 Å². The predicted octanol–water partition coefficient (Wildman–Crippen LogP) is 2.74. The van der Waals surface area contributed by atoms with Crippen LogP contribution in [0, 0.1) is 6.92 Å². The zero-order valence-electron chi connectivity index (χ0n) is 11.3. The highest BCUT2D eigenvalue weighted by molar-refractivity contribution is 7.99. The zero-order chi connectivity index (χ0) is 13.9. The van der Waals surface area contributed by atoms with Crippen LogP contribution in [0.25, 0.3) is 4.96 Å². The average Bonchev–Trinajstić information content (AvgIpc) is 3.09. The molecule has 3 aromatic rings. The first-order valence-corrected chi connectivity index (χ1v) is 8.10. The highest BCUT2D eigenvalue weighted by Gasteiger charge is 2.16. The Labute approximate surface area is 124 Å². The molecule has 3 aromatic heterocycles. The molecule has 0 aliphatic heterocycles. The molecule has 6 nitrogen and oxygen atoms in total. The van der Waals surface area contributed by atoms with Gasteiger partial charge >= 0.3 is 0 Å². The van der Waals surface area contributed by atoms with Crippen molar-refractivity contribution in [1.82, 2.24) is 24.9 Å². The molecule has 0 aliphatic carbocycles. The van der Waals surface area contributed by atoms with Gasteiger partial charge in [0.25, 0.3) is 5.22 Å². The second-order valence-electron chi connectivity index (χ2n) is 4.29. The van der Waals surface area contributed by atoms with Gasteiger partial charge in [-0.15, -0.1) is 21.5 Å². The SMILES string of the molecule is CCCNCc1c(Sc2nnc(C)o2)nc2sccn12. The van der Waals surface area contributed by atoms with Crippen molar-refractivity contribution in [3.05, 3.63) is 23.2 Å². The Morgan fingerprint density at radius 2 is 2.35 bits per heavy atom. The fourth-order valence-electron chi connectivity index (χ4n) is 1.84. The number of imidazole rings is 1. The van der Waals surface area contributed by atoms with E-state index in [1.54, 1.807) is 18.3 Å². The number of fused-ring (bicyclic) bond motifs is 1. The van der Waals surface area contributed by atoms with Crippen molar-refractivity contribution in [2.24, 2.45) is 0 Å². The van der Waals surface area contributed by atoms with Gasteiger partial charge in [0.15, 0.2) is 4.96 Å². The molecule has 0 bridgehead atoms. The standard InChI is InChI=1S/C12H15N5OS2/c1-3-4-13-7-9-10(14-11-17(9)5-6-19-11)20-12-16-15-8(2)18-12/h5-6,13H,3-4,7H2,1-2H3. The van der Waals surface area contributed by atoms with Crippen LogP contribution in [0.15, 0.2) is 26.2 Å². The number of thiazole rings is 1. The van der Waals surface area contributed by atoms with Crippen molar-refractivity contribution < 1.29 is 4.42 Å². The third-order valence-electron chi connectivity index (χ3n) is 2.74. The van der Waals surface area contributed by atoms with E-state index in [1.807, 2.05) is 11.6 Å². The van der Waals surface area contributed by atoms with Crippen LogP contribution < -0.4 is 5.32 Å². The molecule has 106 valence electrons. The summed E-state index contributed by atoms with van der Waals surface area (Å²) in [7, 11) is 0. The fourth-order valence-corrected chi connectivity index (χ4v) is 3.46. The Kier molecular flexibility index (Phi) is 4.04. The van der Waals surface area contributed by atoms with Crippen LogP contribution in [-0.2, 0) is 6.54 Å². The molecule has 0 amide bonds. The molecule has 0 fully saturated rings. The summed E-state index contributed by atoms with van der Waals surface area (Å²) < 4.78 is 7.53. The molecule has 1 N–H and O–H groups in total. The molecule has 3 heterocycles. The van der Waals surface area contributed by atoms with Gasteiger partial charge in [-0.05, 0) is 24.7 Å². The van der Waals surface area contributed by atoms with Gasteiger partial charge in [0.05, 0.1) is 5.69 Å². The smallest absolute Gasteiger partial charge is 0.282 e. The van der Waals surface area contributed by atoms with E-state index in [1.165, 1.54) is 11.8 Å². The topological polar surface area (TPSA) is 68.2 Å². The molecular formula is C12H15N5OS2. The van der Waals surface area contributed by atoms with Gasteiger partial charge in [-0.1, -0.05) is 6.92 Å². The van der Waals surface area contributed by atoms with E-state index < -0.39 is 0 Å². The Hall–Kier alpha value is -1.38. The molecule has 0 radical (unpaired) electrons. The molecule has 0 saturated heterocycles. The summed E-state index contributed by atoms with van der Waals surface area (Å²) in [6, 6.07) is 0. The van der Waals surface area contributed by atoms with Crippen molar-refractivity contribution in [2.75, 3.05) is 6.54 Å². The van der Waals surface area contributed by atoms with Gasteiger partial charge < -0.3 is 9.73 Å². The second-order valence-corrected chi connectivity index (χ2v) is 6.10. The molecule has 8 heteroatoms. The molecule has 3 rings (SSSR count). The zero-order valence-corrected chi connectivity index (χ0v) is 12.9. The number of hydrogen-bond donors (Lipinski definition) is 1. The van der Waals surface area contributed by atoms with Gasteiger partial charge in [-0.2, -0.15) is 0 Å². The minimum atomic E-state index is 0.532. The first-order chi connectivity index (χ1) is 9.78. The van der Waals surface area contributed by atoms with Crippen LogP contribution in [0.5, 0.6) is 0 Å². The summed E-state index contributed by atoms with van der Waals surface area (Å²) in [5, 5.41) is 14.8. The monoisotopic (exact) mass is 309 g/mol. The van der Waals surface area contributed by atoms with Gasteiger partial charge in [0, 0.05) is 25.0 Å². The Balaban J connectivity index is 1.88. The first kappa shape index (κ1) is 13.6. The lowest BCUT2D eigenvalue weighted by Gasteiger charge is -2.03. The van der Waals surface area contributed by atoms with Gasteiger partial charge in [0.2, 0.25) is 5.89 Å². The molecule has 20 heavy (non-hydrogen) atoms. The minimum Gasteiger partial charge on any atom is -0.416 e. The van der Waals surface area contributed by atoms with E-state index >= 15 is 0 Å². The third kappa shape index (κ3) is 2.72. The lowest BCUT2D eigenvalue weighted by atomic mass is 10.4. The van der Waals surface area contributed by atoms with E-state index in [4.69, 9.17) is 4.42 Å². The number of aromatic nitrogens is 4. The van der Waals surface area contributed by atoms with Crippen LogP contribution in [0.4, 0.5) is 0 Å². The molecule has 0 aromatic carbocycles. The first-order valence-electron chi connectivity index (χ1n) is 6.41. The van der Waals surface area contributed by atoms with E-state index in [-0.39, 0.29) is 0 Å². The maximum Gasteiger partial charge on any atom is 0.282 e. The van der Waals surface area contributed by atoms with Crippen LogP contribution >= 0.6 is 23.1 Å². The van der Waals surface area contributed by atoms with Crippen molar-refractivity contribution in [3.63, 3.8) is 0 Å². The fraction of sp³-hybridized carbons (Fsp3) is 0.417. The highest BCUT2D eigenvalue weighted by Crippen LogP contribution is 2.30. The molecular weight excluding hydrogens is 294 g/mol. The summed E-state index contributed by atoms with van der Waals surface area (Å²) in [6.07, 6.45) is 3.15. The van der Waals surface area contributed by atoms with Gasteiger partial charge in [-0.25, -0.2) is 4.98 Å². The number of aryl methyl sites for hydroxylation is 1. The molecule has 0 aliphatic rings. The summed E-state index contributed by atoms with van der Waals surface area (Å²) in [5.41, 5.74) is 1.13. The van der Waals surface area contributed by atoms with Crippen molar-refractivity contribution >= 4 is 28.1 Å². The van der Waals surface area contributed by atoms with E-state index in [0.29, 0.717) is 11.1 Å². The lowest BCUT2D eigenvalue weighted by molar-refractivity contribution is 0.429. The molecule has 0 spiro atoms. The normalized spacial score (nSPS) is 11.5. The maximum absolute atomic E-state index is 5.42. The molecule has 0 atom stereocenters. The Morgan fingerprint density at radius 3 is 3.10 bits per heavy atom. The Bertz CT molecular complexity index is 702. The van der Waals surface area contributed by atoms with Crippen LogP contribution in [0.2, 0.25) is 0 Å². The van der Waals surface area contributed by atoms with Crippen LogP contribution in [0.3, 0.4) is 0 Å². The largest absolute Gasteiger partial charge is 0.416 e. The number of hydrogen-bond acceptors (Lipinski definition) is 7. The number of rotatable bonds is 6. The average molecular weight is 309 g/mol. The highest BCUT2D eigenvalue weighted by atomic mass is 32.2. The quantitative estimate of drug-likeness (QED) is 0.706. The van der Waals surface area contributed by atoms with Crippen molar-refractivity contribution in [2.45, 2.75) is 37.1 Å². The van der Waals surface area contributed by atoms with Crippen LogP contribution in [-0.4, -0.2) is 26.1 Å². The third-order valence-corrected chi connectivity index (χ3v) is 4.35. The lowest BCUT2D eigenvalue weighted by Crippen LogP contribution is -2.15. The Morgan fingerprint density at radius 1 is 1.45 bits per heavy atom. The van der Waals surface area contributed by atoms with Gasteiger partial charge in [-0.3, -0.25) is 4.40 Å². The van der Waals surface area contributed by atoms with Crippen LogP contribution in [0.1, 0.15) is 24.9 Å². The summed E-state index contributed by atoms with van der Waals surface area (Å²) in [4.78, 5) is 5.62. The van der Waals surface area contributed by atoms with E-state index in [0.717, 1.165) is 35.2 Å². The van der Waals surface area contributed by atoms with Gasteiger partial charge in [0.1, 0.15) is 5.03 Å². The van der Waals surface area contributed by atoms with E-state index in [2.05, 4.69) is 31.8 Å². The molecule has 0 saturated carbocycles. The number of nitrogens with one attached hydrogen (secondary N) is 1.